The first-order valence-electron chi connectivity index (χ1n) is 3.95. The number of halogens is 1. The van der Waals surface area contributed by atoms with Gasteiger partial charge in [0.2, 0.25) is 5.91 Å². The molecule has 0 heterocycles. The van der Waals surface area contributed by atoms with Gasteiger partial charge in [-0.3, -0.25) is 4.79 Å². The Labute approximate surface area is 76.9 Å². The third kappa shape index (κ3) is 6.35. The minimum absolute atomic E-state index is 0.0978. The van der Waals surface area contributed by atoms with E-state index in [-0.39, 0.29) is 11.8 Å². The van der Waals surface area contributed by atoms with Crippen LogP contribution in [0.1, 0.15) is 27.2 Å². The van der Waals surface area contributed by atoms with Crippen molar-refractivity contribution in [3.63, 3.8) is 0 Å². The second-order valence-electron chi connectivity index (χ2n) is 3.02. The van der Waals surface area contributed by atoms with E-state index < -0.39 is 0 Å². The van der Waals surface area contributed by atoms with Crippen molar-refractivity contribution in [1.82, 2.24) is 5.32 Å². The first kappa shape index (κ1) is 11.0. The largest absolute Gasteiger partial charge is 0.356 e. The van der Waals surface area contributed by atoms with Crippen LogP contribution >= 0.6 is 15.9 Å². The van der Waals surface area contributed by atoms with Crippen LogP contribution in [-0.4, -0.2) is 17.3 Å². The quantitative estimate of drug-likeness (QED) is 0.723. The molecular weight excluding hydrogens is 206 g/mol. The van der Waals surface area contributed by atoms with Gasteiger partial charge in [-0.05, 0) is 6.42 Å². The molecule has 1 atom stereocenters. The van der Waals surface area contributed by atoms with Gasteiger partial charge in [-0.2, -0.15) is 0 Å². The van der Waals surface area contributed by atoms with Crippen molar-refractivity contribution in [1.29, 1.82) is 0 Å². The smallest absolute Gasteiger partial charge is 0.222 e. The van der Waals surface area contributed by atoms with E-state index in [1.54, 1.807) is 0 Å². The van der Waals surface area contributed by atoms with Crippen LogP contribution in [0.25, 0.3) is 0 Å². The highest BCUT2D eigenvalue weighted by Gasteiger charge is 2.05. The molecule has 0 aliphatic heterocycles. The Morgan fingerprint density at radius 3 is 2.36 bits per heavy atom. The van der Waals surface area contributed by atoms with Crippen molar-refractivity contribution in [3.8, 4) is 0 Å². The molecule has 3 heteroatoms. The predicted molar refractivity (Wildman–Crippen MR) is 50.9 cm³/mol. The van der Waals surface area contributed by atoms with Gasteiger partial charge < -0.3 is 5.32 Å². The standard InChI is InChI=1S/C8H16BrNO/c1-6(2)8(11)10-5-4-7(3)9/h6-7H,4-5H2,1-3H3,(H,10,11). The van der Waals surface area contributed by atoms with Gasteiger partial charge in [0.25, 0.3) is 0 Å². The van der Waals surface area contributed by atoms with Crippen molar-refractivity contribution < 1.29 is 4.79 Å². The molecule has 0 aromatic rings. The van der Waals surface area contributed by atoms with Crippen LogP contribution in [0, 0.1) is 5.92 Å². The monoisotopic (exact) mass is 221 g/mol. The van der Waals surface area contributed by atoms with Crippen LogP contribution in [-0.2, 0) is 4.79 Å². The average Bonchev–Trinajstić information content (AvgIpc) is 1.86. The molecule has 0 aliphatic carbocycles. The van der Waals surface area contributed by atoms with Crippen molar-refractivity contribution in [3.05, 3.63) is 0 Å². The summed E-state index contributed by atoms with van der Waals surface area (Å²) in [5.41, 5.74) is 0. The van der Waals surface area contributed by atoms with Gasteiger partial charge in [-0.1, -0.05) is 36.7 Å². The van der Waals surface area contributed by atoms with Crippen LogP contribution < -0.4 is 5.32 Å². The number of nitrogens with one attached hydrogen (secondary N) is 1. The lowest BCUT2D eigenvalue weighted by atomic mass is 10.2. The van der Waals surface area contributed by atoms with E-state index in [9.17, 15) is 4.79 Å². The van der Waals surface area contributed by atoms with Crippen LogP contribution in [0.15, 0.2) is 0 Å². The van der Waals surface area contributed by atoms with Gasteiger partial charge in [0.05, 0.1) is 0 Å². The maximum Gasteiger partial charge on any atom is 0.222 e. The number of carbonyl (C=O) groups is 1. The Morgan fingerprint density at radius 1 is 1.45 bits per heavy atom. The number of rotatable bonds is 4. The zero-order valence-corrected chi connectivity index (χ0v) is 8.94. The first-order chi connectivity index (χ1) is 5.04. The summed E-state index contributed by atoms with van der Waals surface area (Å²) in [5, 5.41) is 2.84. The molecule has 0 aromatic heterocycles. The summed E-state index contributed by atoms with van der Waals surface area (Å²) in [7, 11) is 0. The normalized spacial score (nSPS) is 13.2. The van der Waals surface area contributed by atoms with Crippen molar-refractivity contribution in [2.24, 2.45) is 5.92 Å². The molecule has 0 fully saturated rings. The SMILES string of the molecule is CC(Br)CCNC(=O)C(C)C. The molecule has 0 bridgehead atoms. The Hall–Kier alpha value is -0.0500. The Balaban J connectivity index is 3.32. The number of hydrogen-bond donors (Lipinski definition) is 1. The van der Waals surface area contributed by atoms with E-state index in [1.807, 2.05) is 13.8 Å². The molecule has 66 valence electrons. The summed E-state index contributed by atoms with van der Waals surface area (Å²) in [6.45, 7) is 6.63. The first-order valence-corrected chi connectivity index (χ1v) is 4.87. The molecule has 1 amide bonds. The van der Waals surface area contributed by atoms with E-state index in [0.717, 1.165) is 13.0 Å². The Bertz CT molecular complexity index is 123. The van der Waals surface area contributed by atoms with E-state index in [1.165, 1.54) is 0 Å². The van der Waals surface area contributed by atoms with Crippen LogP contribution in [0.2, 0.25) is 0 Å². The lowest BCUT2D eigenvalue weighted by molar-refractivity contribution is -0.123. The van der Waals surface area contributed by atoms with Crippen molar-refractivity contribution >= 4 is 21.8 Å². The molecule has 1 N–H and O–H groups in total. The summed E-state index contributed by atoms with van der Waals surface area (Å²) in [4.78, 5) is 11.5. The van der Waals surface area contributed by atoms with E-state index in [2.05, 4.69) is 28.2 Å². The third-order valence-corrected chi connectivity index (χ3v) is 1.82. The van der Waals surface area contributed by atoms with Crippen molar-refractivity contribution in [2.45, 2.75) is 32.0 Å². The zero-order chi connectivity index (χ0) is 8.85. The van der Waals surface area contributed by atoms with Gasteiger partial charge in [0, 0.05) is 17.3 Å². The molecule has 0 spiro atoms. The zero-order valence-electron chi connectivity index (χ0n) is 7.36. The number of carbonyl (C=O) groups excluding carboxylic acids is 1. The van der Waals surface area contributed by atoms with Crippen molar-refractivity contribution in [2.75, 3.05) is 6.54 Å². The molecule has 0 rings (SSSR count). The summed E-state index contributed by atoms with van der Waals surface area (Å²) in [6.07, 6.45) is 0.985. The van der Waals surface area contributed by atoms with Crippen LogP contribution in [0.3, 0.4) is 0 Å². The highest BCUT2D eigenvalue weighted by molar-refractivity contribution is 9.09. The second-order valence-corrected chi connectivity index (χ2v) is 4.58. The Kier molecular flexibility index (Phi) is 5.56. The average molecular weight is 222 g/mol. The fraction of sp³-hybridized carbons (Fsp3) is 0.875. The fourth-order valence-corrected chi connectivity index (χ4v) is 0.827. The number of alkyl halides is 1. The minimum atomic E-state index is 0.0978. The van der Waals surface area contributed by atoms with Gasteiger partial charge in [0.15, 0.2) is 0 Å². The van der Waals surface area contributed by atoms with E-state index in [4.69, 9.17) is 0 Å². The molecule has 11 heavy (non-hydrogen) atoms. The summed E-state index contributed by atoms with van der Waals surface area (Å²) >= 11 is 3.41. The highest BCUT2D eigenvalue weighted by Crippen LogP contribution is 2.01. The maximum absolute atomic E-state index is 11.0. The molecule has 0 radical (unpaired) electrons. The van der Waals surface area contributed by atoms with Gasteiger partial charge in [-0.15, -0.1) is 0 Å². The predicted octanol–water partition coefficient (Wildman–Crippen LogP) is 1.93. The highest BCUT2D eigenvalue weighted by atomic mass is 79.9. The lowest BCUT2D eigenvalue weighted by Crippen LogP contribution is -2.29. The molecule has 1 unspecified atom stereocenters. The van der Waals surface area contributed by atoms with Gasteiger partial charge >= 0.3 is 0 Å². The van der Waals surface area contributed by atoms with Crippen LogP contribution in [0.4, 0.5) is 0 Å². The second kappa shape index (κ2) is 5.58. The summed E-state index contributed by atoms with van der Waals surface area (Å²) in [6, 6.07) is 0. The minimum Gasteiger partial charge on any atom is -0.356 e. The summed E-state index contributed by atoms with van der Waals surface area (Å²) in [5.74, 6) is 0.235. The lowest BCUT2D eigenvalue weighted by Gasteiger charge is -2.07. The molecule has 2 nitrogen and oxygen atoms in total. The maximum atomic E-state index is 11.0. The topological polar surface area (TPSA) is 29.1 Å². The van der Waals surface area contributed by atoms with Gasteiger partial charge in [0.1, 0.15) is 0 Å². The molecule has 0 aromatic carbocycles. The fourth-order valence-electron chi connectivity index (χ4n) is 0.598. The number of hydrogen-bond acceptors (Lipinski definition) is 1. The number of amides is 1. The molecule has 0 saturated carbocycles. The molecule has 0 aliphatic rings. The molecule has 0 saturated heterocycles. The third-order valence-electron chi connectivity index (χ3n) is 1.37. The summed E-state index contributed by atoms with van der Waals surface area (Å²) < 4.78 is 0. The van der Waals surface area contributed by atoms with E-state index >= 15 is 0 Å². The Morgan fingerprint density at radius 2 is 2.00 bits per heavy atom. The van der Waals surface area contributed by atoms with Crippen LogP contribution in [0.5, 0.6) is 0 Å². The molecular formula is C8H16BrNO. The van der Waals surface area contributed by atoms with Gasteiger partial charge in [-0.25, -0.2) is 0 Å². The van der Waals surface area contributed by atoms with E-state index in [0.29, 0.717) is 4.83 Å².